The number of carbonyl (C=O) groups excluding carboxylic acids is 1. The van der Waals surface area contributed by atoms with Gasteiger partial charge in [-0.05, 0) is 42.5 Å². The summed E-state index contributed by atoms with van der Waals surface area (Å²) in [6.07, 6.45) is 1.23. The van der Waals surface area contributed by atoms with Gasteiger partial charge in [0.25, 0.3) is 0 Å². The minimum atomic E-state index is -0.0410. The maximum atomic E-state index is 12.1. The average Bonchev–Trinajstić information content (AvgIpc) is 3.24. The number of aromatic nitrogens is 1. The molecule has 0 atom stereocenters. The van der Waals surface area contributed by atoms with Crippen molar-refractivity contribution in [3.05, 3.63) is 44.4 Å². The first-order chi connectivity index (χ1) is 13.0. The Morgan fingerprint density at radius 1 is 1.30 bits per heavy atom. The number of thiazole rings is 1. The largest absolute Gasteiger partial charge is 0.497 e. The summed E-state index contributed by atoms with van der Waals surface area (Å²) < 4.78 is 6.35. The summed E-state index contributed by atoms with van der Waals surface area (Å²) >= 11 is 16.5. The third-order valence-electron chi connectivity index (χ3n) is 3.56. The fourth-order valence-corrected chi connectivity index (χ4v) is 5.31. The van der Waals surface area contributed by atoms with Gasteiger partial charge in [-0.15, -0.1) is 34.4 Å². The van der Waals surface area contributed by atoms with Gasteiger partial charge in [0.15, 0.2) is 5.13 Å². The van der Waals surface area contributed by atoms with E-state index >= 15 is 0 Å². The number of ether oxygens (including phenoxy) is 1. The highest BCUT2D eigenvalue weighted by molar-refractivity contribution is 7.99. The summed E-state index contributed by atoms with van der Waals surface area (Å²) in [5, 5.41) is 5.27. The number of amides is 1. The molecule has 27 heavy (non-hydrogen) atoms. The molecule has 9 heteroatoms. The molecule has 0 unspecified atom stereocenters. The van der Waals surface area contributed by atoms with E-state index in [2.05, 4.69) is 10.3 Å². The minimum absolute atomic E-state index is 0.0410. The number of anilines is 1. The zero-order valence-electron chi connectivity index (χ0n) is 14.3. The number of methoxy groups -OCH3 is 1. The predicted octanol–water partition coefficient (Wildman–Crippen LogP) is 6.70. The number of halogens is 2. The van der Waals surface area contributed by atoms with E-state index in [-0.39, 0.29) is 5.91 Å². The highest BCUT2D eigenvalue weighted by Crippen LogP contribution is 2.39. The molecule has 0 aliphatic heterocycles. The molecule has 1 amide bonds. The molecule has 4 nitrogen and oxygen atoms in total. The molecule has 1 N–H and O–H groups in total. The fraction of sp³-hybridized carbons (Fsp3) is 0.222. The Hall–Kier alpha value is -1.25. The van der Waals surface area contributed by atoms with Crippen LogP contribution in [0.25, 0.3) is 11.3 Å². The molecule has 0 aliphatic rings. The lowest BCUT2D eigenvalue weighted by Gasteiger charge is -2.04. The van der Waals surface area contributed by atoms with Gasteiger partial charge in [0.1, 0.15) is 10.1 Å². The molecule has 0 radical (unpaired) electrons. The monoisotopic (exact) mass is 458 g/mol. The molecule has 1 aromatic carbocycles. The number of benzene rings is 1. The molecule has 0 saturated heterocycles. The van der Waals surface area contributed by atoms with Crippen LogP contribution in [0, 0.1) is 0 Å². The first kappa shape index (κ1) is 20.5. The van der Waals surface area contributed by atoms with E-state index < -0.39 is 0 Å². The van der Waals surface area contributed by atoms with Gasteiger partial charge in [0, 0.05) is 22.3 Å². The van der Waals surface area contributed by atoms with Crippen LogP contribution in [-0.4, -0.2) is 23.8 Å². The quantitative estimate of drug-likeness (QED) is 0.301. The van der Waals surface area contributed by atoms with Crippen LogP contribution >= 0.6 is 57.6 Å². The van der Waals surface area contributed by atoms with Crippen LogP contribution < -0.4 is 10.1 Å². The Bertz CT molecular complexity index is 910. The number of rotatable bonds is 8. The predicted molar refractivity (Wildman–Crippen MR) is 117 cm³/mol. The lowest BCUT2D eigenvalue weighted by molar-refractivity contribution is -0.116. The molecular weight excluding hydrogens is 443 g/mol. The highest BCUT2D eigenvalue weighted by Gasteiger charge is 2.13. The highest BCUT2D eigenvalue weighted by atomic mass is 35.5. The van der Waals surface area contributed by atoms with Crippen LogP contribution in [0.5, 0.6) is 5.75 Å². The van der Waals surface area contributed by atoms with Gasteiger partial charge >= 0.3 is 0 Å². The van der Waals surface area contributed by atoms with Crippen molar-refractivity contribution in [3.8, 4) is 17.0 Å². The van der Waals surface area contributed by atoms with Gasteiger partial charge in [-0.3, -0.25) is 4.79 Å². The third kappa shape index (κ3) is 5.86. The summed E-state index contributed by atoms with van der Waals surface area (Å²) in [7, 11) is 1.65. The average molecular weight is 459 g/mol. The second-order valence-corrected chi connectivity index (χ2v) is 9.76. The van der Waals surface area contributed by atoms with Gasteiger partial charge in [-0.25, -0.2) is 4.98 Å². The molecule has 2 aromatic heterocycles. The molecule has 3 rings (SSSR count). The van der Waals surface area contributed by atoms with Crippen LogP contribution in [0.1, 0.15) is 12.8 Å². The molecule has 0 aliphatic carbocycles. The molecule has 2 heterocycles. The smallest absolute Gasteiger partial charge is 0.226 e. The zero-order valence-corrected chi connectivity index (χ0v) is 18.3. The molecular formula is C18H16Cl2N2O2S3. The van der Waals surface area contributed by atoms with Crippen molar-refractivity contribution in [1.82, 2.24) is 4.98 Å². The first-order valence-corrected chi connectivity index (χ1v) is 11.5. The number of nitrogens with zero attached hydrogens (tertiary/aromatic N) is 1. The maximum absolute atomic E-state index is 12.1. The number of hydrogen-bond donors (Lipinski definition) is 1. The fourth-order valence-electron chi connectivity index (χ4n) is 2.25. The summed E-state index contributed by atoms with van der Waals surface area (Å²) in [5.74, 6) is 1.67. The summed E-state index contributed by atoms with van der Waals surface area (Å²) in [4.78, 5) is 17.7. The number of nitrogens with one attached hydrogen (secondary N) is 1. The van der Waals surface area contributed by atoms with Crippen molar-refractivity contribution in [2.24, 2.45) is 0 Å². The number of carbonyl (C=O) groups is 1. The Morgan fingerprint density at radius 3 is 2.74 bits per heavy atom. The first-order valence-electron chi connectivity index (χ1n) is 8.02. The van der Waals surface area contributed by atoms with Crippen LogP contribution in [0.15, 0.2) is 40.6 Å². The summed E-state index contributed by atoms with van der Waals surface area (Å²) in [5.41, 5.74) is 1.51. The molecule has 142 valence electrons. The van der Waals surface area contributed by atoms with Gasteiger partial charge < -0.3 is 10.1 Å². The van der Waals surface area contributed by atoms with E-state index in [0.29, 0.717) is 20.2 Å². The van der Waals surface area contributed by atoms with Crippen molar-refractivity contribution in [1.29, 1.82) is 0 Å². The normalized spacial score (nSPS) is 10.8. The third-order valence-corrected chi connectivity index (χ3v) is 6.90. The second kappa shape index (κ2) is 9.80. The van der Waals surface area contributed by atoms with Crippen molar-refractivity contribution in [3.63, 3.8) is 0 Å². The zero-order chi connectivity index (χ0) is 19.2. The number of thioether (sulfide) groups is 1. The van der Waals surface area contributed by atoms with Crippen molar-refractivity contribution < 1.29 is 9.53 Å². The van der Waals surface area contributed by atoms with Crippen LogP contribution in [0.3, 0.4) is 0 Å². The van der Waals surface area contributed by atoms with Crippen LogP contribution in [-0.2, 0) is 4.79 Å². The topological polar surface area (TPSA) is 51.2 Å². The van der Waals surface area contributed by atoms with E-state index in [9.17, 15) is 4.79 Å². The summed E-state index contributed by atoms with van der Waals surface area (Å²) in [6.45, 7) is 0. The molecule has 0 fully saturated rings. The Labute approximate surface area is 179 Å². The Kier molecular flexibility index (Phi) is 7.43. The number of thiophene rings is 1. The van der Waals surface area contributed by atoms with E-state index in [1.54, 1.807) is 24.9 Å². The van der Waals surface area contributed by atoms with Crippen molar-refractivity contribution >= 4 is 68.7 Å². The Morgan fingerprint density at radius 2 is 2.07 bits per heavy atom. The van der Waals surface area contributed by atoms with Gasteiger partial charge in [0.2, 0.25) is 5.91 Å². The minimum Gasteiger partial charge on any atom is -0.497 e. The molecule has 3 aromatic rings. The van der Waals surface area contributed by atoms with E-state index in [4.69, 9.17) is 27.9 Å². The van der Waals surface area contributed by atoms with Gasteiger partial charge in [-0.2, -0.15) is 0 Å². The van der Waals surface area contributed by atoms with Crippen LogP contribution in [0.4, 0.5) is 5.13 Å². The number of hydrogen-bond acceptors (Lipinski definition) is 6. The standard InChI is InChI=1S/C18H16Cl2N2O2S3/c1-24-11-4-6-12(7-5-11)25-8-2-3-16(23)22-18-21-14(10-26-18)13-9-15(19)27-17(13)20/h4-7,9-10H,2-3,8H2,1H3,(H,21,22,23). The lowest BCUT2D eigenvalue weighted by atomic mass is 10.3. The Balaban J connectivity index is 1.43. The van der Waals surface area contributed by atoms with E-state index in [0.717, 1.165) is 34.1 Å². The maximum Gasteiger partial charge on any atom is 0.226 e. The van der Waals surface area contributed by atoms with E-state index in [1.165, 1.54) is 22.7 Å². The second-order valence-electron chi connectivity index (χ2n) is 5.45. The van der Waals surface area contributed by atoms with Gasteiger partial charge in [0.05, 0.1) is 17.1 Å². The molecule has 0 saturated carbocycles. The summed E-state index contributed by atoms with van der Waals surface area (Å²) in [6, 6.07) is 9.68. The van der Waals surface area contributed by atoms with Crippen LogP contribution in [0.2, 0.25) is 8.67 Å². The van der Waals surface area contributed by atoms with Crippen molar-refractivity contribution in [2.45, 2.75) is 17.7 Å². The van der Waals surface area contributed by atoms with Gasteiger partial charge in [-0.1, -0.05) is 23.2 Å². The molecule has 0 bridgehead atoms. The molecule has 0 spiro atoms. The van der Waals surface area contributed by atoms with E-state index in [1.807, 2.05) is 29.6 Å². The van der Waals surface area contributed by atoms with Crippen molar-refractivity contribution in [2.75, 3.05) is 18.2 Å². The SMILES string of the molecule is COc1ccc(SCCCC(=O)Nc2nc(-c3cc(Cl)sc3Cl)cs2)cc1. The lowest BCUT2D eigenvalue weighted by Crippen LogP contribution is -2.11.